The van der Waals surface area contributed by atoms with Crippen LogP contribution < -0.4 is 11.2 Å². The molecule has 0 atom stereocenters. The highest BCUT2D eigenvalue weighted by molar-refractivity contribution is 8.01. The summed E-state index contributed by atoms with van der Waals surface area (Å²) in [5, 5.41) is 9.09. The van der Waals surface area contributed by atoms with Gasteiger partial charge in [-0.05, 0) is 25.0 Å². The normalized spacial score (nSPS) is 11.3. The first kappa shape index (κ1) is 17.6. The lowest BCUT2D eigenvalue weighted by Gasteiger charge is -2.16. The Kier molecular flexibility index (Phi) is 4.90. The number of alkyl halides is 3. The molecule has 0 aliphatic rings. The topological polar surface area (TPSA) is 67.8 Å². The molecule has 0 aliphatic heterocycles. The van der Waals surface area contributed by atoms with Crippen LogP contribution in [0.4, 0.5) is 4.39 Å². The van der Waals surface area contributed by atoms with E-state index in [1.807, 2.05) is 0 Å². The van der Waals surface area contributed by atoms with Gasteiger partial charge in [-0.1, -0.05) is 41.4 Å². The standard InChI is InChI=1S/C14H10Cl2FN3O2S/c1-8-4-3-5-9(2)11(8)19-7-10(6-18)12(21)20(13(19)22)23-14(15,16)17/h3-5,7H,1-2H3. The quantitative estimate of drug-likeness (QED) is 0.775. The molecule has 2 rings (SSSR count). The van der Waals surface area contributed by atoms with Gasteiger partial charge >= 0.3 is 9.61 Å². The minimum atomic E-state index is -2.89. The molecule has 0 saturated heterocycles. The summed E-state index contributed by atoms with van der Waals surface area (Å²) in [6.07, 6.45) is 1.12. The number of benzene rings is 1. The molecule has 1 aromatic carbocycles. The summed E-state index contributed by atoms with van der Waals surface area (Å²) in [6, 6.07) is 7.03. The van der Waals surface area contributed by atoms with Crippen LogP contribution in [0.25, 0.3) is 5.69 Å². The summed E-state index contributed by atoms with van der Waals surface area (Å²) in [5.74, 6) is 0. The second-order valence-electron chi connectivity index (χ2n) is 4.68. The summed E-state index contributed by atoms with van der Waals surface area (Å²) < 4.78 is 12.1. The monoisotopic (exact) mass is 373 g/mol. The largest absolute Gasteiger partial charge is 0.346 e. The Morgan fingerprint density at radius 2 is 1.83 bits per heavy atom. The van der Waals surface area contributed by atoms with Gasteiger partial charge in [0.15, 0.2) is 0 Å². The summed E-state index contributed by atoms with van der Waals surface area (Å²) >= 11 is 10.5. The van der Waals surface area contributed by atoms with E-state index in [1.165, 1.54) is 0 Å². The number of hydrogen-bond acceptors (Lipinski definition) is 4. The molecule has 0 aliphatic carbocycles. The van der Waals surface area contributed by atoms with Crippen molar-refractivity contribution >= 4 is 35.1 Å². The van der Waals surface area contributed by atoms with Crippen LogP contribution in [-0.2, 0) is 0 Å². The van der Waals surface area contributed by atoms with Gasteiger partial charge in [0.2, 0.25) is 0 Å². The number of nitrogens with zero attached hydrogens (tertiary/aromatic N) is 3. The molecule has 5 nitrogen and oxygen atoms in total. The molecule has 120 valence electrons. The van der Waals surface area contributed by atoms with E-state index in [0.717, 1.165) is 21.9 Å². The second kappa shape index (κ2) is 6.40. The number of halogens is 3. The minimum absolute atomic E-state index is 0.0120. The molecule has 23 heavy (non-hydrogen) atoms. The average Bonchev–Trinajstić information content (AvgIpc) is 2.44. The molecule has 0 fully saturated rings. The third-order valence-electron chi connectivity index (χ3n) is 3.05. The number of rotatable bonds is 3. The van der Waals surface area contributed by atoms with Crippen LogP contribution in [0.15, 0.2) is 34.0 Å². The van der Waals surface area contributed by atoms with Gasteiger partial charge in [0.05, 0.1) is 5.69 Å². The maximum atomic E-state index is 13.5. The Hall–Kier alpha value is -1.75. The molecule has 0 saturated carbocycles. The van der Waals surface area contributed by atoms with Crippen molar-refractivity contribution in [3.8, 4) is 11.8 Å². The third-order valence-corrected chi connectivity index (χ3v) is 4.17. The van der Waals surface area contributed by atoms with Crippen LogP contribution in [-0.4, -0.2) is 12.5 Å². The SMILES string of the molecule is Cc1cccc(C)c1-n1cc(C#N)c(=O)n(SC(F)(Cl)Cl)c1=O. The highest BCUT2D eigenvalue weighted by Crippen LogP contribution is 2.35. The number of para-hydroxylation sites is 1. The van der Waals surface area contributed by atoms with E-state index in [0.29, 0.717) is 9.66 Å². The van der Waals surface area contributed by atoms with Gasteiger partial charge in [-0.3, -0.25) is 9.36 Å². The van der Waals surface area contributed by atoms with E-state index >= 15 is 0 Å². The molecule has 1 heterocycles. The fraction of sp³-hybridized carbons (Fsp3) is 0.214. The van der Waals surface area contributed by atoms with E-state index in [4.69, 9.17) is 28.5 Å². The molecule has 2 aromatic rings. The zero-order chi connectivity index (χ0) is 17.4. The fourth-order valence-corrected chi connectivity index (χ4v) is 3.11. The lowest BCUT2D eigenvalue weighted by Crippen LogP contribution is -2.39. The van der Waals surface area contributed by atoms with E-state index in [9.17, 15) is 14.0 Å². The van der Waals surface area contributed by atoms with E-state index in [2.05, 4.69) is 0 Å². The van der Waals surface area contributed by atoms with Crippen molar-refractivity contribution < 1.29 is 4.39 Å². The molecule has 9 heteroatoms. The Morgan fingerprint density at radius 3 is 2.30 bits per heavy atom. The van der Waals surface area contributed by atoms with Gasteiger partial charge in [-0.2, -0.15) is 13.6 Å². The van der Waals surface area contributed by atoms with Gasteiger partial charge in [0.25, 0.3) is 5.56 Å². The summed E-state index contributed by atoms with van der Waals surface area (Å²) in [4.78, 5) is 24.6. The van der Waals surface area contributed by atoms with Crippen molar-refractivity contribution in [3.05, 3.63) is 61.9 Å². The smallest absolute Gasteiger partial charge is 0.267 e. The number of aromatic nitrogens is 2. The highest BCUT2D eigenvalue weighted by Gasteiger charge is 2.28. The lowest BCUT2D eigenvalue weighted by molar-refractivity contribution is 0.513. The van der Waals surface area contributed by atoms with E-state index < -0.39 is 15.2 Å². The molecule has 0 radical (unpaired) electrons. The maximum absolute atomic E-state index is 13.5. The van der Waals surface area contributed by atoms with Crippen molar-refractivity contribution in [1.29, 1.82) is 5.26 Å². The van der Waals surface area contributed by atoms with Crippen LogP contribution in [0.5, 0.6) is 0 Å². The van der Waals surface area contributed by atoms with Gasteiger partial charge in [0, 0.05) is 18.1 Å². The van der Waals surface area contributed by atoms with Crippen molar-refractivity contribution in [3.63, 3.8) is 0 Å². The summed E-state index contributed by atoms with van der Waals surface area (Å²) in [7, 11) is 0. The number of nitriles is 1. The van der Waals surface area contributed by atoms with Crippen LogP contribution >= 0.6 is 35.1 Å². The molecule has 0 bridgehead atoms. The predicted molar refractivity (Wildman–Crippen MR) is 89.0 cm³/mol. The Bertz CT molecular complexity index is 905. The van der Waals surface area contributed by atoms with E-state index in [1.54, 1.807) is 38.1 Å². The first-order chi connectivity index (χ1) is 10.7. The third kappa shape index (κ3) is 3.61. The Labute approximate surface area is 145 Å². The summed E-state index contributed by atoms with van der Waals surface area (Å²) in [6.45, 7) is 3.54. The van der Waals surface area contributed by atoms with Gasteiger partial charge < -0.3 is 0 Å². The van der Waals surface area contributed by atoms with Crippen molar-refractivity contribution in [1.82, 2.24) is 8.54 Å². The first-order valence-electron chi connectivity index (χ1n) is 6.27. The molecule has 0 N–H and O–H groups in total. The van der Waals surface area contributed by atoms with Gasteiger partial charge in [0.1, 0.15) is 11.6 Å². The molecule has 1 aromatic heterocycles. The maximum Gasteiger partial charge on any atom is 0.346 e. The molecular weight excluding hydrogens is 364 g/mol. The average molecular weight is 374 g/mol. The fourth-order valence-electron chi connectivity index (χ4n) is 2.14. The molecule has 0 amide bonds. The minimum Gasteiger partial charge on any atom is -0.267 e. The zero-order valence-corrected chi connectivity index (χ0v) is 14.3. The van der Waals surface area contributed by atoms with Crippen molar-refractivity contribution in [2.75, 3.05) is 0 Å². The van der Waals surface area contributed by atoms with Crippen LogP contribution in [0.2, 0.25) is 0 Å². The molecule has 0 spiro atoms. The highest BCUT2D eigenvalue weighted by atomic mass is 35.5. The van der Waals surface area contributed by atoms with Crippen molar-refractivity contribution in [2.45, 2.75) is 17.8 Å². The van der Waals surface area contributed by atoms with Gasteiger partial charge in [-0.25, -0.2) is 4.79 Å². The van der Waals surface area contributed by atoms with Crippen LogP contribution in [0.1, 0.15) is 16.7 Å². The lowest BCUT2D eigenvalue weighted by atomic mass is 10.1. The van der Waals surface area contributed by atoms with Gasteiger partial charge in [-0.15, -0.1) is 0 Å². The zero-order valence-electron chi connectivity index (χ0n) is 12.0. The van der Waals surface area contributed by atoms with Crippen LogP contribution in [0, 0.1) is 25.2 Å². The summed E-state index contributed by atoms with van der Waals surface area (Å²) in [5.41, 5.74) is -0.189. The second-order valence-corrected chi connectivity index (χ2v) is 7.48. The van der Waals surface area contributed by atoms with Crippen LogP contribution in [0.3, 0.4) is 0 Å². The number of hydrogen-bond donors (Lipinski definition) is 0. The predicted octanol–water partition coefficient (Wildman–Crippen LogP) is 3.04. The number of aryl methyl sites for hydroxylation is 2. The molecular formula is C14H10Cl2FN3O2S. The van der Waals surface area contributed by atoms with E-state index in [-0.39, 0.29) is 17.5 Å². The Balaban J connectivity index is 2.87. The molecule has 0 unspecified atom stereocenters. The van der Waals surface area contributed by atoms with Crippen molar-refractivity contribution in [2.24, 2.45) is 0 Å². The first-order valence-corrected chi connectivity index (χ1v) is 7.80. The Morgan fingerprint density at radius 1 is 1.26 bits per heavy atom.